The number of halogens is 3. The van der Waals surface area contributed by atoms with Gasteiger partial charge in [0, 0.05) is 38.1 Å². The Morgan fingerprint density at radius 2 is 1.95 bits per heavy atom. The van der Waals surface area contributed by atoms with Crippen LogP contribution in [0.5, 0.6) is 0 Å². The van der Waals surface area contributed by atoms with Crippen molar-refractivity contribution in [3.8, 4) is 6.07 Å². The number of carbonyl (C=O) groups excluding carboxylic acids is 1. The van der Waals surface area contributed by atoms with Gasteiger partial charge in [-0.3, -0.25) is 19.5 Å². The van der Waals surface area contributed by atoms with E-state index in [0.717, 1.165) is 31.4 Å². The van der Waals surface area contributed by atoms with E-state index in [-0.39, 0.29) is 29.6 Å². The van der Waals surface area contributed by atoms with E-state index in [0.29, 0.717) is 44.8 Å². The number of carbonyl (C=O) groups is 1. The van der Waals surface area contributed by atoms with Crippen molar-refractivity contribution in [1.29, 1.82) is 5.26 Å². The molecule has 3 heterocycles. The molecule has 2 aromatic rings. The first-order chi connectivity index (χ1) is 20.1. The standard InChI is InChI=1S/C21H31F3N4O3.C7H6N2.C2H6/c1-3-5-6-10-27(9-4-2)20(30)16-13-28(11-12-31-16)15-8-7-14-17(21(22,23)24)19(29)26-25-18(14)15;1-6-2-3-7(4-8)5-9-6;1-2/h15-16H,3-13H2,1-2H3,(H,26,29);2-3,5H,1H3;1-2H3. The Morgan fingerprint density at radius 1 is 1.21 bits per heavy atom. The molecular weight excluding hydrogens is 549 g/mol. The van der Waals surface area contributed by atoms with Gasteiger partial charge in [0.2, 0.25) is 0 Å². The largest absolute Gasteiger partial charge is 0.422 e. The zero-order valence-corrected chi connectivity index (χ0v) is 25.3. The highest BCUT2D eigenvalue weighted by molar-refractivity contribution is 5.81. The highest BCUT2D eigenvalue weighted by atomic mass is 19.4. The summed E-state index contributed by atoms with van der Waals surface area (Å²) in [6, 6.07) is 5.19. The molecule has 2 atom stereocenters. The van der Waals surface area contributed by atoms with E-state index in [4.69, 9.17) is 10.00 Å². The van der Waals surface area contributed by atoms with E-state index in [1.807, 2.05) is 54.7 Å². The van der Waals surface area contributed by atoms with Crippen LogP contribution in [0.3, 0.4) is 0 Å². The zero-order chi connectivity index (χ0) is 31.3. The van der Waals surface area contributed by atoms with E-state index in [9.17, 15) is 22.8 Å². The quantitative estimate of drug-likeness (QED) is 0.420. The number of morpholine rings is 1. The minimum Gasteiger partial charge on any atom is -0.366 e. The monoisotopic (exact) mass is 592 g/mol. The van der Waals surface area contributed by atoms with Crippen LogP contribution in [0.25, 0.3) is 0 Å². The Labute approximate surface area is 246 Å². The van der Waals surface area contributed by atoms with Crippen molar-refractivity contribution < 1.29 is 22.7 Å². The van der Waals surface area contributed by atoms with E-state index in [2.05, 4.69) is 17.0 Å². The summed E-state index contributed by atoms with van der Waals surface area (Å²) in [5.74, 6) is -0.0636. The number of nitriles is 1. The molecule has 12 heteroatoms. The van der Waals surface area contributed by atoms with Crippen LogP contribution in [0.4, 0.5) is 13.2 Å². The predicted octanol–water partition coefficient (Wildman–Crippen LogP) is 5.19. The van der Waals surface area contributed by atoms with Gasteiger partial charge in [0.05, 0.1) is 23.9 Å². The van der Waals surface area contributed by atoms with Crippen LogP contribution in [-0.4, -0.2) is 69.8 Å². The molecule has 1 aliphatic carbocycles. The number of alkyl halides is 3. The molecule has 232 valence electrons. The fourth-order valence-electron chi connectivity index (χ4n) is 5.10. The molecule has 0 bridgehead atoms. The Morgan fingerprint density at radius 3 is 2.55 bits per heavy atom. The molecule has 1 fully saturated rings. The van der Waals surface area contributed by atoms with Crippen molar-refractivity contribution in [1.82, 2.24) is 25.0 Å². The second-order valence-electron chi connectivity index (χ2n) is 10.0. The van der Waals surface area contributed by atoms with E-state index < -0.39 is 23.4 Å². The van der Waals surface area contributed by atoms with Gasteiger partial charge < -0.3 is 9.64 Å². The van der Waals surface area contributed by atoms with Crippen LogP contribution >= 0.6 is 0 Å². The van der Waals surface area contributed by atoms with Gasteiger partial charge in [0.15, 0.2) is 0 Å². The molecule has 1 saturated heterocycles. The molecule has 0 spiro atoms. The number of pyridine rings is 1. The van der Waals surface area contributed by atoms with Gasteiger partial charge >= 0.3 is 6.18 Å². The van der Waals surface area contributed by atoms with E-state index in [1.165, 1.54) is 0 Å². The number of aromatic nitrogens is 3. The number of H-pyrrole nitrogens is 1. The Bertz CT molecular complexity index is 1230. The van der Waals surface area contributed by atoms with Crippen LogP contribution in [0.2, 0.25) is 0 Å². The van der Waals surface area contributed by atoms with Crippen molar-refractivity contribution in [3.05, 3.63) is 56.8 Å². The lowest BCUT2D eigenvalue weighted by Gasteiger charge is -2.38. The molecule has 0 saturated carbocycles. The van der Waals surface area contributed by atoms with Crippen LogP contribution in [0.1, 0.15) is 93.9 Å². The maximum absolute atomic E-state index is 13.4. The molecule has 42 heavy (non-hydrogen) atoms. The van der Waals surface area contributed by atoms with Crippen molar-refractivity contribution in [2.45, 2.75) is 91.5 Å². The molecule has 2 aromatic heterocycles. The lowest BCUT2D eigenvalue weighted by atomic mass is 10.1. The highest BCUT2D eigenvalue weighted by Gasteiger charge is 2.43. The molecule has 4 rings (SSSR count). The first-order valence-corrected chi connectivity index (χ1v) is 14.8. The number of unbranched alkanes of at least 4 members (excludes halogenated alkanes) is 2. The second kappa shape index (κ2) is 17.0. The number of fused-ring (bicyclic) bond motifs is 1. The number of hydrogen-bond donors (Lipinski definition) is 1. The molecule has 2 aliphatic rings. The highest BCUT2D eigenvalue weighted by Crippen LogP contribution is 2.40. The molecule has 0 aromatic carbocycles. The van der Waals surface area contributed by atoms with E-state index in [1.54, 1.807) is 12.3 Å². The van der Waals surface area contributed by atoms with Crippen LogP contribution in [-0.2, 0) is 22.1 Å². The van der Waals surface area contributed by atoms with Gasteiger partial charge in [0.1, 0.15) is 17.7 Å². The number of nitrogens with zero attached hydrogens (tertiary/aromatic N) is 5. The van der Waals surface area contributed by atoms with Crippen LogP contribution in [0.15, 0.2) is 23.1 Å². The summed E-state index contributed by atoms with van der Waals surface area (Å²) in [6.45, 7) is 12.5. The lowest BCUT2D eigenvalue weighted by Crippen LogP contribution is -2.52. The summed E-state index contributed by atoms with van der Waals surface area (Å²) in [6.07, 6.45) is 0.671. The summed E-state index contributed by atoms with van der Waals surface area (Å²) < 4.78 is 46.0. The fourth-order valence-corrected chi connectivity index (χ4v) is 5.10. The normalized spacial score (nSPS) is 18.1. The molecule has 0 radical (unpaired) electrons. The van der Waals surface area contributed by atoms with Gasteiger partial charge in [-0.2, -0.15) is 23.5 Å². The van der Waals surface area contributed by atoms with Crippen molar-refractivity contribution in [2.75, 3.05) is 32.8 Å². The number of amides is 1. The third kappa shape index (κ3) is 9.36. The smallest absolute Gasteiger partial charge is 0.366 e. The van der Waals surface area contributed by atoms with E-state index >= 15 is 0 Å². The molecule has 2 unspecified atom stereocenters. The molecule has 1 aliphatic heterocycles. The number of hydrogen-bond acceptors (Lipinski definition) is 7. The number of ether oxygens (including phenoxy) is 1. The molecule has 1 amide bonds. The maximum atomic E-state index is 13.4. The zero-order valence-electron chi connectivity index (χ0n) is 25.3. The Kier molecular flexibility index (Phi) is 14.1. The van der Waals surface area contributed by atoms with Gasteiger partial charge in [-0.05, 0) is 50.3 Å². The summed E-state index contributed by atoms with van der Waals surface area (Å²) in [4.78, 5) is 32.6. The van der Waals surface area contributed by atoms with Gasteiger partial charge in [-0.1, -0.05) is 40.5 Å². The number of rotatable bonds is 8. The fraction of sp³-hybridized carbons (Fsp3) is 0.633. The first-order valence-electron chi connectivity index (χ1n) is 14.8. The second-order valence-corrected chi connectivity index (χ2v) is 10.0. The molecule has 1 N–H and O–H groups in total. The van der Waals surface area contributed by atoms with Crippen LogP contribution < -0.4 is 5.56 Å². The van der Waals surface area contributed by atoms with Crippen LogP contribution in [0, 0.1) is 18.3 Å². The summed E-state index contributed by atoms with van der Waals surface area (Å²) in [5.41, 5.74) is -0.569. The Hall–Kier alpha value is -3.30. The van der Waals surface area contributed by atoms with Crippen molar-refractivity contribution in [2.24, 2.45) is 0 Å². The van der Waals surface area contributed by atoms with Crippen molar-refractivity contribution >= 4 is 5.91 Å². The average Bonchev–Trinajstić information content (AvgIpc) is 3.41. The average molecular weight is 593 g/mol. The summed E-state index contributed by atoms with van der Waals surface area (Å²) in [5, 5.41) is 14.3. The summed E-state index contributed by atoms with van der Waals surface area (Å²) in [7, 11) is 0. The number of aromatic amines is 1. The molecular formula is C30H43F3N6O3. The van der Waals surface area contributed by atoms with Gasteiger partial charge in [-0.25, -0.2) is 5.10 Å². The van der Waals surface area contributed by atoms with Gasteiger partial charge in [0.25, 0.3) is 11.5 Å². The lowest BCUT2D eigenvalue weighted by molar-refractivity contribution is -0.151. The topological polar surface area (TPSA) is 115 Å². The predicted molar refractivity (Wildman–Crippen MR) is 154 cm³/mol. The number of nitrogens with one attached hydrogen (secondary N) is 1. The third-order valence-corrected chi connectivity index (χ3v) is 7.07. The molecule has 9 nitrogen and oxygen atoms in total. The third-order valence-electron chi connectivity index (χ3n) is 7.07. The minimum absolute atomic E-state index is 0.0252. The van der Waals surface area contributed by atoms with Crippen molar-refractivity contribution in [3.63, 3.8) is 0 Å². The number of aryl methyl sites for hydroxylation is 1. The van der Waals surface area contributed by atoms with Gasteiger partial charge in [-0.15, -0.1) is 0 Å². The minimum atomic E-state index is -4.72. The first kappa shape index (κ1) is 34.9. The SMILES string of the molecule is CC.CCCCCN(CCC)C(=O)C1CN(C2CCc3c2n[nH]c(=O)c3C(F)(F)F)CCO1.Cc1ccc(C#N)cn1. The summed E-state index contributed by atoms with van der Waals surface area (Å²) >= 11 is 0. The maximum Gasteiger partial charge on any atom is 0.422 e. The Balaban J connectivity index is 0.000000473.